The molecule has 0 unspecified atom stereocenters. The Kier molecular flexibility index (Phi) is 4.52. The molecular weight excluding hydrogens is 344 g/mol. The standard InChI is InChI=1S/C21H24N2O4/c1-11(12-6-4-3-5-7-12)19-16(10-17(27-19)21(26)22-2)20(25)23-18-14-8-13(24)9-15(14)18/h3-7,10-11,13-15,18,24H,8-9H2,1-2H3,(H,22,26)(H,23,25)/t11-,13-,14-,15+,18+/m0/s1. The number of fused-ring (bicyclic) bond motifs is 1. The Morgan fingerprint density at radius 3 is 2.44 bits per heavy atom. The largest absolute Gasteiger partial charge is 0.454 e. The Labute approximate surface area is 158 Å². The molecule has 0 aliphatic heterocycles. The van der Waals surface area contributed by atoms with E-state index in [9.17, 15) is 14.7 Å². The van der Waals surface area contributed by atoms with E-state index in [2.05, 4.69) is 10.6 Å². The van der Waals surface area contributed by atoms with Gasteiger partial charge < -0.3 is 20.2 Å². The number of carbonyl (C=O) groups is 2. The van der Waals surface area contributed by atoms with E-state index < -0.39 is 0 Å². The monoisotopic (exact) mass is 368 g/mol. The van der Waals surface area contributed by atoms with Gasteiger partial charge in [-0.25, -0.2) is 0 Å². The fraction of sp³-hybridized carbons (Fsp3) is 0.429. The molecule has 2 aromatic rings. The lowest BCUT2D eigenvalue weighted by molar-refractivity contribution is 0.0924. The zero-order valence-corrected chi connectivity index (χ0v) is 15.4. The molecule has 0 spiro atoms. The summed E-state index contributed by atoms with van der Waals surface area (Å²) in [4.78, 5) is 24.9. The molecule has 0 saturated heterocycles. The lowest BCUT2D eigenvalue weighted by atomic mass is 9.96. The van der Waals surface area contributed by atoms with E-state index in [-0.39, 0.29) is 35.6 Å². The number of hydrogen-bond acceptors (Lipinski definition) is 4. The van der Waals surface area contributed by atoms with Gasteiger partial charge in [0.05, 0.1) is 11.7 Å². The Bertz CT molecular complexity index is 848. The van der Waals surface area contributed by atoms with Crippen molar-refractivity contribution in [2.24, 2.45) is 11.8 Å². The van der Waals surface area contributed by atoms with Gasteiger partial charge in [-0.2, -0.15) is 0 Å². The third-order valence-electron chi connectivity index (χ3n) is 5.87. The number of aliphatic hydroxyl groups is 1. The van der Waals surface area contributed by atoms with Crippen LogP contribution in [-0.2, 0) is 0 Å². The topological polar surface area (TPSA) is 91.6 Å². The molecule has 1 aromatic heterocycles. The average molecular weight is 368 g/mol. The van der Waals surface area contributed by atoms with Crippen LogP contribution in [0.15, 0.2) is 40.8 Å². The first-order valence-corrected chi connectivity index (χ1v) is 9.39. The van der Waals surface area contributed by atoms with Crippen molar-refractivity contribution >= 4 is 11.8 Å². The lowest BCUT2D eigenvalue weighted by Crippen LogP contribution is -2.30. The molecule has 2 saturated carbocycles. The first kappa shape index (κ1) is 17.8. The van der Waals surface area contributed by atoms with E-state index in [4.69, 9.17) is 4.42 Å². The van der Waals surface area contributed by atoms with Gasteiger partial charge in [-0.15, -0.1) is 0 Å². The Morgan fingerprint density at radius 1 is 1.15 bits per heavy atom. The summed E-state index contributed by atoms with van der Waals surface area (Å²) >= 11 is 0. The minimum atomic E-state index is -0.359. The molecule has 2 aliphatic carbocycles. The van der Waals surface area contributed by atoms with E-state index in [1.807, 2.05) is 37.3 Å². The zero-order chi connectivity index (χ0) is 19.1. The van der Waals surface area contributed by atoms with Crippen LogP contribution < -0.4 is 10.6 Å². The first-order chi connectivity index (χ1) is 13.0. The van der Waals surface area contributed by atoms with Crippen LogP contribution in [0.1, 0.15) is 57.9 Å². The molecule has 142 valence electrons. The van der Waals surface area contributed by atoms with E-state index >= 15 is 0 Å². The quantitative estimate of drug-likeness (QED) is 0.755. The lowest BCUT2D eigenvalue weighted by Gasteiger charge is -2.13. The molecule has 1 aromatic carbocycles. The van der Waals surface area contributed by atoms with Gasteiger partial charge in [-0.3, -0.25) is 9.59 Å². The maximum Gasteiger partial charge on any atom is 0.286 e. The van der Waals surface area contributed by atoms with E-state index in [1.165, 1.54) is 13.1 Å². The third-order valence-corrected chi connectivity index (χ3v) is 5.87. The summed E-state index contributed by atoms with van der Waals surface area (Å²) in [5, 5.41) is 15.3. The molecule has 4 rings (SSSR count). The van der Waals surface area contributed by atoms with E-state index in [0.717, 1.165) is 18.4 Å². The molecule has 3 N–H and O–H groups in total. The van der Waals surface area contributed by atoms with E-state index in [1.54, 1.807) is 0 Å². The highest BCUT2D eigenvalue weighted by molar-refractivity contribution is 5.99. The minimum absolute atomic E-state index is 0.110. The number of benzene rings is 1. The summed E-state index contributed by atoms with van der Waals surface area (Å²) in [7, 11) is 1.53. The van der Waals surface area contributed by atoms with Gasteiger partial charge >= 0.3 is 0 Å². The summed E-state index contributed by atoms with van der Waals surface area (Å²) in [5.74, 6) is 0.608. The van der Waals surface area contributed by atoms with Crippen molar-refractivity contribution in [3.05, 3.63) is 59.0 Å². The molecular formula is C21H24N2O4. The minimum Gasteiger partial charge on any atom is -0.454 e. The second-order valence-corrected chi connectivity index (χ2v) is 7.55. The fourth-order valence-electron chi connectivity index (χ4n) is 4.29. The Balaban J connectivity index is 1.59. The van der Waals surface area contributed by atoms with Crippen LogP contribution in [-0.4, -0.2) is 36.1 Å². The van der Waals surface area contributed by atoms with Crippen LogP contribution in [0.3, 0.4) is 0 Å². The van der Waals surface area contributed by atoms with Crippen molar-refractivity contribution in [2.45, 2.75) is 37.8 Å². The molecule has 6 nitrogen and oxygen atoms in total. The first-order valence-electron chi connectivity index (χ1n) is 9.39. The number of amides is 2. The Hall–Kier alpha value is -2.60. The molecule has 0 radical (unpaired) electrons. The summed E-state index contributed by atoms with van der Waals surface area (Å²) < 4.78 is 5.80. The maximum absolute atomic E-state index is 12.9. The highest BCUT2D eigenvalue weighted by Gasteiger charge is 2.56. The number of aliphatic hydroxyl groups excluding tert-OH is 1. The van der Waals surface area contributed by atoms with Gasteiger partial charge in [-0.1, -0.05) is 37.3 Å². The molecule has 1 heterocycles. The van der Waals surface area contributed by atoms with Crippen LogP contribution in [0.5, 0.6) is 0 Å². The SMILES string of the molecule is CNC(=O)c1cc(C(=O)N[C@H]2[C@@H]3C[C@@H](O)C[C@@H]32)c([C@@H](C)c2ccccc2)o1. The maximum atomic E-state index is 12.9. The molecule has 5 atom stereocenters. The highest BCUT2D eigenvalue weighted by atomic mass is 16.4. The number of furan rings is 1. The number of rotatable bonds is 5. The van der Waals surface area contributed by atoms with Gasteiger partial charge in [0.2, 0.25) is 0 Å². The van der Waals surface area contributed by atoms with Gasteiger partial charge in [0.15, 0.2) is 5.76 Å². The molecule has 0 bridgehead atoms. The van der Waals surface area contributed by atoms with Gasteiger partial charge in [0.1, 0.15) is 5.76 Å². The van der Waals surface area contributed by atoms with Crippen LogP contribution in [0.25, 0.3) is 0 Å². The summed E-state index contributed by atoms with van der Waals surface area (Å²) in [6, 6.07) is 11.4. The summed E-state index contributed by atoms with van der Waals surface area (Å²) in [5.41, 5.74) is 1.41. The van der Waals surface area contributed by atoms with Crippen LogP contribution >= 0.6 is 0 Å². The zero-order valence-electron chi connectivity index (χ0n) is 15.4. The van der Waals surface area contributed by atoms with Crippen molar-refractivity contribution < 1.29 is 19.1 Å². The highest BCUT2D eigenvalue weighted by Crippen LogP contribution is 2.52. The van der Waals surface area contributed by atoms with E-state index in [0.29, 0.717) is 23.2 Å². The van der Waals surface area contributed by atoms with Crippen molar-refractivity contribution in [3.8, 4) is 0 Å². The van der Waals surface area contributed by atoms with Crippen LogP contribution in [0.4, 0.5) is 0 Å². The van der Waals surface area contributed by atoms with Crippen LogP contribution in [0, 0.1) is 11.8 Å². The Morgan fingerprint density at radius 2 is 1.81 bits per heavy atom. The molecule has 27 heavy (non-hydrogen) atoms. The number of nitrogens with one attached hydrogen (secondary N) is 2. The summed E-state index contributed by atoms with van der Waals surface area (Å²) in [6.45, 7) is 1.96. The van der Waals surface area contributed by atoms with Crippen molar-refractivity contribution in [3.63, 3.8) is 0 Å². The van der Waals surface area contributed by atoms with Crippen molar-refractivity contribution in [1.82, 2.24) is 10.6 Å². The predicted molar refractivity (Wildman–Crippen MR) is 99.5 cm³/mol. The van der Waals surface area contributed by atoms with Crippen molar-refractivity contribution in [2.75, 3.05) is 7.05 Å². The second-order valence-electron chi connectivity index (χ2n) is 7.55. The van der Waals surface area contributed by atoms with Crippen molar-refractivity contribution in [1.29, 1.82) is 0 Å². The second kappa shape index (κ2) is 6.85. The van der Waals surface area contributed by atoms with Gasteiger partial charge in [0.25, 0.3) is 11.8 Å². The van der Waals surface area contributed by atoms with Gasteiger partial charge in [0, 0.05) is 25.1 Å². The summed E-state index contributed by atoms with van der Waals surface area (Å²) in [6.07, 6.45) is 1.26. The normalized spacial score (nSPS) is 26.9. The fourth-order valence-corrected chi connectivity index (χ4v) is 4.29. The molecule has 2 aliphatic rings. The molecule has 6 heteroatoms. The smallest absolute Gasteiger partial charge is 0.286 e. The average Bonchev–Trinajstić information content (AvgIpc) is 3.07. The molecule has 2 amide bonds. The number of carbonyl (C=O) groups excluding carboxylic acids is 2. The van der Waals surface area contributed by atoms with Gasteiger partial charge in [-0.05, 0) is 30.2 Å². The number of hydrogen-bond donors (Lipinski definition) is 3. The van der Waals surface area contributed by atoms with Crippen LogP contribution in [0.2, 0.25) is 0 Å². The third kappa shape index (κ3) is 3.25. The predicted octanol–water partition coefficient (Wildman–Crippen LogP) is 2.29. The molecule has 2 fully saturated rings.